The predicted molar refractivity (Wildman–Crippen MR) is 183 cm³/mol. The molecule has 1 fully saturated rings. The summed E-state index contributed by atoms with van der Waals surface area (Å²) < 4.78 is 35.7. The minimum absolute atomic E-state index is 0.0835. The molecule has 0 unspecified atom stereocenters. The van der Waals surface area contributed by atoms with Crippen LogP contribution in [-0.4, -0.2) is 49.4 Å². The van der Waals surface area contributed by atoms with Crippen molar-refractivity contribution in [3.63, 3.8) is 0 Å². The Hall–Kier alpha value is -3.40. The number of carbonyl (C=O) groups excluding carboxylic acids is 1. The SMILES string of the molecule is C[C@@H]1[C@@H](C)C/C=C/[C@@](O)(c2cccnc2)[C@@H]2CC[C@H]2CN2C[C@@]3(CCCc4cc(Cl)ccc43)COc3ccc(cc32)C(=O)NS1(=O)=O. The van der Waals surface area contributed by atoms with Crippen LogP contribution in [0.5, 0.6) is 5.75 Å². The molecule has 2 bridgehead atoms. The second-order valence-electron chi connectivity index (χ2n) is 14.1. The van der Waals surface area contributed by atoms with E-state index in [1.54, 1.807) is 37.5 Å². The van der Waals surface area contributed by atoms with Crippen molar-refractivity contribution in [1.82, 2.24) is 9.71 Å². The van der Waals surface area contributed by atoms with Crippen molar-refractivity contribution in [2.75, 3.05) is 24.6 Å². The van der Waals surface area contributed by atoms with Gasteiger partial charge in [0.25, 0.3) is 5.91 Å². The van der Waals surface area contributed by atoms with E-state index in [0.29, 0.717) is 31.9 Å². The third kappa shape index (κ3) is 5.85. The number of nitrogens with one attached hydrogen (secondary N) is 1. The molecule has 2 aliphatic heterocycles. The molecule has 2 N–H and O–H groups in total. The summed E-state index contributed by atoms with van der Waals surface area (Å²) in [6.07, 6.45) is 12.3. The van der Waals surface area contributed by atoms with Crippen molar-refractivity contribution in [3.8, 4) is 5.75 Å². The fraction of sp³-hybridized carbons (Fsp3) is 0.459. The van der Waals surface area contributed by atoms with Crippen LogP contribution in [0.4, 0.5) is 5.69 Å². The molecule has 3 aromatic rings. The number of carbonyl (C=O) groups is 1. The number of aromatic nitrogens is 1. The molecule has 47 heavy (non-hydrogen) atoms. The lowest BCUT2D eigenvalue weighted by Gasteiger charge is -2.49. The van der Waals surface area contributed by atoms with Gasteiger partial charge in [-0.05, 0) is 105 Å². The number of hydrogen-bond acceptors (Lipinski definition) is 7. The normalized spacial score (nSPS) is 32.5. The number of benzene rings is 2. The molecule has 0 saturated heterocycles. The Morgan fingerprint density at radius 1 is 1.13 bits per heavy atom. The van der Waals surface area contributed by atoms with Gasteiger partial charge in [-0.1, -0.05) is 42.8 Å². The number of rotatable bonds is 1. The zero-order valence-electron chi connectivity index (χ0n) is 26.9. The quantitative estimate of drug-likeness (QED) is 0.297. The molecule has 2 aliphatic carbocycles. The zero-order valence-corrected chi connectivity index (χ0v) is 28.4. The molecule has 0 radical (unpaired) electrons. The molecule has 2 aromatic carbocycles. The van der Waals surface area contributed by atoms with Crippen molar-refractivity contribution in [2.24, 2.45) is 17.8 Å². The van der Waals surface area contributed by atoms with Crippen molar-refractivity contribution in [1.29, 1.82) is 0 Å². The number of nitrogens with zero attached hydrogens (tertiary/aromatic N) is 2. The van der Waals surface area contributed by atoms with E-state index in [-0.39, 0.29) is 28.7 Å². The van der Waals surface area contributed by atoms with Crippen LogP contribution in [0.1, 0.15) is 73.0 Å². The van der Waals surface area contributed by atoms with Gasteiger partial charge < -0.3 is 14.7 Å². The van der Waals surface area contributed by atoms with Gasteiger partial charge in [-0.25, -0.2) is 13.1 Å². The first-order valence-corrected chi connectivity index (χ1v) is 18.6. The van der Waals surface area contributed by atoms with Gasteiger partial charge in [-0.2, -0.15) is 0 Å². The molecule has 7 rings (SSSR count). The fourth-order valence-electron chi connectivity index (χ4n) is 8.18. The number of sulfonamides is 1. The van der Waals surface area contributed by atoms with Crippen molar-refractivity contribution in [3.05, 3.63) is 100 Å². The summed E-state index contributed by atoms with van der Waals surface area (Å²) in [5.74, 6) is -0.245. The van der Waals surface area contributed by atoms with Crippen LogP contribution in [0.25, 0.3) is 0 Å². The highest BCUT2D eigenvalue weighted by molar-refractivity contribution is 7.90. The fourth-order valence-corrected chi connectivity index (χ4v) is 9.66. The maximum Gasteiger partial charge on any atom is 0.264 e. The van der Waals surface area contributed by atoms with Crippen LogP contribution in [-0.2, 0) is 27.5 Å². The van der Waals surface area contributed by atoms with E-state index in [0.717, 1.165) is 48.4 Å². The van der Waals surface area contributed by atoms with Gasteiger partial charge in [0.15, 0.2) is 0 Å². The Labute approximate surface area is 282 Å². The Kier molecular flexibility index (Phi) is 8.38. The summed E-state index contributed by atoms with van der Waals surface area (Å²) in [7, 11) is -3.99. The lowest BCUT2D eigenvalue weighted by molar-refractivity contribution is -0.0502. The lowest BCUT2D eigenvalue weighted by atomic mass is 9.62. The van der Waals surface area contributed by atoms with Gasteiger partial charge in [0.05, 0.1) is 17.5 Å². The van der Waals surface area contributed by atoms with E-state index in [4.69, 9.17) is 16.3 Å². The smallest absolute Gasteiger partial charge is 0.264 e. The average molecular weight is 676 g/mol. The Balaban J connectivity index is 1.35. The summed E-state index contributed by atoms with van der Waals surface area (Å²) >= 11 is 6.44. The zero-order chi connectivity index (χ0) is 33.0. The highest BCUT2D eigenvalue weighted by atomic mass is 35.5. The standard InChI is InChI=1S/C37H42ClN3O5S/c1-24-6-3-16-37(43,29-8-5-17-39-20-29)32-12-9-28(32)21-41-22-36(15-4-7-26-18-30(38)11-13-31(26)36)23-46-34-14-10-27(19-33(34)41)35(42)40-47(44,45)25(24)2/h3,5,8,10-11,13-14,16-20,24-25,28,32,43H,4,6-7,9,12,15,21-23H2,1-2H3,(H,40,42)/b16-3+/t24-,25+,28-,32+,36-,37+/m0/s1. The van der Waals surface area contributed by atoms with Crippen LogP contribution < -0.4 is 14.4 Å². The largest absolute Gasteiger partial charge is 0.490 e. The third-order valence-corrected chi connectivity index (χ3v) is 13.4. The van der Waals surface area contributed by atoms with Gasteiger partial charge >= 0.3 is 0 Å². The summed E-state index contributed by atoms with van der Waals surface area (Å²) in [6.45, 7) is 5.22. The van der Waals surface area contributed by atoms with E-state index in [9.17, 15) is 18.3 Å². The van der Waals surface area contributed by atoms with Crippen LogP contribution in [0.15, 0.2) is 73.1 Å². The minimum atomic E-state index is -3.99. The third-order valence-electron chi connectivity index (χ3n) is 11.3. The Bertz CT molecular complexity index is 1820. The van der Waals surface area contributed by atoms with Gasteiger partial charge in [0, 0.05) is 53.0 Å². The minimum Gasteiger partial charge on any atom is -0.490 e. The number of allylic oxidation sites excluding steroid dienone is 1. The van der Waals surface area contributed by atoms with Gasteiger partial charge in [0.1, 0.15) is 11.4 Å². The summed E-state index contributed by atoms with van der Waals surface area (Å²) in [6, 6.07) is 15.1. The molecule has 1 spiro atoms. The monoisotopic (exact) mass is 675 g/mol. The number of amides is 1. The predicted octanol–water partition coefficient (Wildman–Crippen LogP) is 6.17. The van der Waals surface area contributed by atoms with Crippen LogP contribution in [0.3, 0.4) is 0 Å². The first-order chi connectivity index (χ1) is 22.5. The number of hydrogen-bond donors (Lipinski definition) is 2. The molecule has 10 heteroatoms. The van der Waals surface area contributed by atoms with E-state index in [1.165, 1.54) is 11.1 Å². The second kappa shape index (κ2) is 12.2. The average Bonchev–Trinajstić information content (AvgIpc) is 3.19. The number of aliphatic hydroxyl groups is 1. The lowest BCUT2D eigenvalue weighted by Crippen LogP contribution is -2.51. The second-order valence-corrected chi connectivity index (χ2v) is 16.6. The van der Waals surface area contributed by atoms with E-state index >= 15 is 0 Å². The molecule has 248 valence electrons. The molecule has 3 heterocycles. The summed E-state index contributed by atoms with van der Waals surface area (Å²) in [5, 5.41) is 12.4. The van der Waals surface area contributed by atoms with E-state index in [1.807, 2.05) is 37.3 Å². The van der Waals surface area contributed by atoms with Crippen LogP contribution in [0.2, 0.25) is 5.02 Å². The maximum atomic E-state index is 13.5. The molecule has 1 aromatic heterocycles. The van der Waals surface area contributed by atoms with Gasteiger partial charge in [-0.15, -0.1) is 0 Å². The number of pyridine rings is 1. The van der Waals surface area contributed by atoms with Gasteiger partial charge in [-0.3, -0.25) is 9.78 Å². The van der Waals surface area contributed by atoms with E-state index < -0.39 is 26.8 Å². The molecule has 6 atom stereocenters. The van der Waals surface area contributed by atoms with Gasteiger partial charge in [0.2, 0.25) is 10.0 Å². The number of halogens is 1. The first-order valence-electron chi connectivity index (χ1n) is 16.7. The van der Waals surface area contributed by atoms with Crippen LogP contribution >= 0.6 is 11.6 Å². The molecule has 4 aliphatic rings. The molecule has 1 saturated carbocycles. The molecule has 1 amide bonds. The van der Waals surface area contributed by atoms with Crippen molar-refractivity contribution >= 4 is 33.2 Å². The Morgan fingerprint density at radius 2 is 1.98 bits per heavy atom. The first kappa shape index (κ1) is 32.2. The number of anilines is 1. The highest BCUT2D eigenvalue weighted by Crippen LogP contribution is 2.50. The van der Waals surface area contributed by atoms with E-state index in [2.05, 4.69) is 26.7 Å². The topological polar surface area (TPSA) is 109 Å². The van der Waals surface area contributed by atoms with Crippen molar-refractivity contribution < 1.29 is 23.1 Å². The molecular formula is C37H42ClN3O5S. The maximum absolute atomic E-state index is 13.5. The molecule has 8 nitrogen and oxygen atoms in total. The number of ether oxygens (including phenoxy) is 1. The summed E-state index contributed by atoms with van der Waals surface area (Å²) in [4.78, 5) is 20.1. The summed E-state index contributed by atoms with van der Waals surface area (Å²) in [5.41, 5.74) is 2.63. The Morgan fingerprint density at radius 3 is 2.74 bits per heavy atom. The number of aryl methyl sites for hydroxylation is 1. The van der Waals surface area contributed by atoms with Crippen LogP contribution in [0, 0.1) is 17.8 Å². The number of fused-ring (bicyclic) bond motifs is 4. The molecular weight excluding hydrogens is 634 g/mol. The highest BCUT2D eigenvalue weighted by Gasteiger charge is 2.49. The van der Waals surface area contributed by atoms with Crippen molar-refractivity contribution in [2.45, 2.75) is 68.6 Å².